The highest BCUT2D eigenvalue weighted by molar-refractivity contribution is 7.80. The molecule has 1 fully saturated rings. The largest absolute Gasteiger partial charge is 0.457 e. The first-order valence-corrected chi connectivity index (χ1v) is 12.6. The molecule has 1 aliphatic rings. The molecule has 0 bridgehead atoms. The summed E-state index contributed by atoms with van der Waals surface area (Å²) in [5, 5.41) is 8.08. The number of amides is 1. The molecule has 2 aromatic carbocycles. The van der Waals surface area contributed by atoms with Crippen molar-refractivity contribution in [1.29, 1.82) is 0 Å². The molecule has 4 N–H and O–H groups in total. The van der Waals surface area contributed by atoms with Gasteiger partial charge in [0.05, 0.1) is 16.2 Å². The van der Waals surface area contributed by atoms with Crippen LogP contribution in [-0.4, -0.2) is 35.3 Å². The van der Waals surface area contributed by atoms with E-state index in [4.69, 9.17) is 39.0 Å². The Morgan fingerprint density at radius 1 is 1.23 bits per heavy atom. The number of aromatic nitrogens is 1. The highest BCUT2D eigenvalue weighted by Crippen LogP contribution is 2.34. The van der Waals surface area contributed by atoms with E-state index in [9.17, 15) is 4.79 Å². The molecule has 3 aromatic rings. The van der Waals surface area contributed by atoms with Gasteiger partial charge in [-0.15, -0.1) is 0 Å². The third kappa shape index (κ3) is 6.81. The summed E-state index contributed by atoms with van der Waals surface area (Å²) in [6.07, 6.45) is 6.47. The number of rotatable bonds is 11. The minimum atomic E-state index is -0.476. The second-order valence-corrected chi connectivity index (χ2v) is 9.29. The fraction of sp³-hybridized carbons (Fsp3) is 0.346. The third-order valence-corrected chi connectivity index (χ3v) is 6.24. The average Bonchev–Trinajstić information content (AvgIpc) is 3.64. The molecule has 184 valence electrons. The van der Waals surface area contributed by atoms with Gasteiger partial charge >= 0.3 is 0 Å². The van der Waals surface area contributed by atoms with E-state index in [1.165, 1.54) is 0 Å². The van der Waals surface area contributed by atoms with Crippen molar-refractivity contribution < 1.29 is 14.3 Å². The molecular formula is C26H29ClN4O3S. The van der Waals surface area contributed by atoms with Crippen molar-refractivity contribution in [1.82, 2.24) is 10.3 Å². The number of fused-ring (bicyclic) bond motifs is 1. The summed E-state index contributed by atoms with van der Waals surface area (Å²) in [7, 11) is 0. The lowest BCUT2D eigenvalue weighted by molar-refractivity contribution is 0.0999. The van der Waals surface area contributed by atoms with Crippen molar-refractivity contribution in [3.63, 3.8) is 0 Å². The van der Waals surface area contributed by atoms with Gasteiger partial charge in [0.2, 0.25) is 5.91 Å². The Kier molecular flexibility index (Phi) is 8.38. The van der Waals surface area contributed by atoms with Crippen LogP contribution >= 0.6 is 23.8 Å². The quantitative estimate of drug-likeness (QED) is 0.227. The van der Waals surface area contributed by atoms with E-state index < -0.39 is 5.91 Å². The number of ether oxygens (including phenoxy) is 2. The smallest absolute Gasteiger partial charge is 0.249 e. The zero-order valence-corrected chi connectivity index (χ0v) is 21.2. The number of nitrogens with two attached hydrogens (primary N) is 1. The van der Waals surface area contributed by atoms with Crippen molar-refractivity contribution in [2.24, 2.45) is 5.73 Å². The van der Waals surface area contributed by atoms with Gasteiger partial charge in [0, 0.05) is 42.5 Å². The van der Waals surface area contributed by atoms with Gasteiger partial charge in [0.25, 0.3) is 0 Å². The van der Waals surface area contributed by atoms with Crippen LogP contribution in [0.4, 0.5) is 5.69 Å². The van der Waals surface area contributed by atoms with E-state index in [0.29, 0.717) is 57.5 Å². The van der Waals surface area contributed by atoms with Crippen LogP contribution in [0.5, 0.6) is 11.5 Å². The maximum atomic E-state index is 12.2. The van der Waals surface area contributed by atoms with Crippen molar-refractivity contribution in [2.45, 2.75) is 45.1 Å². The van der Waals surface area contributed by atoms with Crippen molar-refractivity contribution in [3.05, 3.63) is 58.7 Å². The molecular weight excluding hydrogens is 484 g/mol. The molecule has 0 radical (unpaired) electrons. The molecule has 1 amide bonds. The summed E-state index contributed by atoms with van der Waals surface area (Å²) in [4.78, 5) is 16.7. The van der Waals surface area contributed by atoms with Gasteiger partial charge in [-0.05, 0) is 87.1 Å². The number of unbranched alkanes of at least 4 members (excludes halogenated alkanes) is 1. The normalized spacial score (nSPS) is 13.0. The number of halogens is 1. The number of hydrogen-bond donors (Lipinski definition) is 3. The Labute approximate surface area is 215 Å². The lowest BCUT2D eigenvalue weighted by Gasteiger charge is -2.14. The Balaban J connectivity index is 1.52. The molecule has 1 aliphatic carbocycles. The zero-order chi connectivity index (χ0) is 24.8. The topological polar surface area (TPSA) is 98.5 Å². The molecule has 4 rings (SSSR count). The first-order valence-electron chi connectivity index (χ1n) is 11.8. The fourth-order valence-electron chi connectivity index (χ4n) is 3.76. The summed E-state index contributed by atoms with van der Waals surface area (Å²) in [5.74, 6) is 0.633. The molecule has 0 aliphatic heterocycles. The van der Waals surface area contributed by atoms with E-state index in [1.807, 2.05) is 25.1 Å². The van der Waals surface area contributed by atoms with Gasteiger partial charge in [-0.25, -0.2) is 0 Å². The summed E-state index contributed by atoms with van der Waals surface area (Å²) in [6.45, 7) is 3.37. The minimum absolute atomic E-state index is 0.456. The Morgan fingerprint density at radius 2 is 2.06 bits per heavy atom. The average molecular weight is 513 g/mol. The predicted octanol–water partition coefficient (Wildman–Crippen LogP) is 5.59. The van der Waals surface area contributed by atoms with Crippen LogP contribution in [0, 0.1) is 0 Å². The van der Waals surface area contributed by atoms with Crippen LogP contribution in [0.25, 0.3) is 10.9 Å². The SMILES string of the molecule is CCOCCCCc1cc2nccc(Oc3ccc(NC(=S)NC4CC4)c(Cl)c3)c2cc1C(N)=O. The summed E-state index contributed by atoms with van der Waals surface area (Å²) < 4.78 is 11.5. The predicted molar refractivity (Wildman–Crippen MR) is 144 cm³/mol. The van der Waals surface area contributed by atoms with Crippen molar-refractivity contribution >= 4 is 51.4 Å². The summed E-state index contributed by atoms with van der Waals surface area (Å²) in [5.41, 5.74) is 8.48. The van der Waals surface area contributed by atoms with E-state index in [0.717, 1.165) is 43.2 Å². The molecule has 7 nitrogen and oxygen atoms in total. The van der Waals surface area contributed by atoms with Gasteiger partial charge in [-0.1, -0.05) is 11.6 Å². The summed E-state index contributed by atoms with van der Waals surface area (Å²) >= 11 is 11.8. The van der Waals surface area contributed by atoms with Gasteiger partial charge in [-0.3, -0.25) is 9.78 Å². The van der Waals surface area contributed by atoms with Crippen molar-refractivity contribution in [3.8, 4) is 11.5 Å². The second-order valence-electron chi connectivity index (χ2n) is 8.47. The summed E-state index contributed by atoms with van der Waals surface area (Å²) in [6, 6.07) is 11.2. The molecule has 35 heavy (non-hydrogen) atoms. The monoisotopic (exact) mass is 512 g/mol. The molecule has 0 spiro atoms. The number of primary amides is 1. The van der Waals surface area contributed by atoms with Gasteiger partial charge < -0.3 is 25.8 Å². The number of anilines is 1. The van der Waals surface area contributed by atoms with Gasteiger partial charge in [0.1, 0.15) is 11.5 Å². The zero-order valence-electron chi connectivity index (χ0n) is 19.6. The number of carbonyl (C=O) groups excluding carboxylic acids is 1. The van der Waals surface area contributed by atoms with Crippen molar-refractivity contribution in [2.75, 3.05) is 18.5 Å². The molecule has 0 saturated heterocycles. The standard InChI is InChI=1S/C26H29ClN4O3S/c1-2-33-12-4-3-5-16-13-23-20(15-19(16)25(28)32)24(10-11-29-23)34-18-8-9-22(21(27)14-18)31-26(35)30-17-6-7-17/h8-11,13-15,17H,2-7,12H2,1H3,(H2,28,32)(H2,30,31,35). The number of carbonyl (C=O) groups is 1. The Bertz CT molecular complexity index is 1230. The van der Waals surface area contributed by atoms with Crippen LogP contribution < -0.4 is 21.1 Å². The molecule has 1 heterocycles. The van der Waals surface area contributed by atoms with E-state index in [2.05, 4.69) is 15.6 Å². The van der Waals surface area contributed by atoms with Crippen LogP contribution in [0.1, 0.15) is 48.5 Å². The van der Waals surface area contributed by atoms with E-state index >= 15 is 0 Å². The van der Waals surface area contributed by atoms with Crippen LogP contribution in [0.2, 0.25) is 5.02 Å². The fourth-order valence-corrected chi connectivity index (χ4v) is 4.25. The highest BCUT2D eigenvalue weighted by Gasteiger charge is 2.22. The molecule has 1 aromatic heterocycles. The Morgan fingerprint density at radius 3 is 2.77 bits per heavy atom. The maximum absolute atomic E-state index is 12.2. The number of pyridine rings is 1. The van der Waals surface area contributed by atoms with E-state index in [1.54, 1.807) is 24.4 Å². The van der Waals surface area contributed by atoms with Crippen LogP contribution in [0.3, 0.4) is 0 Å². The first-order chi connectivity index (χ1) is 16.9. The molecule has 9 heteroatoms. The van der Waals surface area contributed by atoms with Gasteiger partial charge in [-0.2, -0.15) is 0 Å². The third-order valence-electron chi connectivity index (χ3n) is 5.71. The molecule has 1 saturated carbocycles. The lowest BCUT2D eigenvalue weighted by atomic mass is 9.98. The van der Waals surface area contributed by atoms with E-state index in [-0.39, 0.29) is 0 Å². The number of nitrogens with one attached hydrogen (secondary N) is 2. The van der Waals surface area contributed by atoms with Gasteiger partial charge in [0.15, 0.2) is 5.11 Å². The number of thiocarbonyl (C=S) groups is 1. The van der Waals surface area contributed by atoms with Crippen LogP contribution in [0.15, 0.2) is 42.6 Å². The number of benzene rings is 2. The lowest BCUT2D eigenvalue weighted by Crippen LogP contribution is -2.30. The first kappa shape index (κ1) is 25.2. The number of hydrogen-bond acceptors (Lipinski definition) is 5. The number of aryl methyl sites for hydroxylation is 1. The number of nitrogens with zero attached hydrogens (tertiary/aromatic N) is 1. The second kappa shape index (κ2) is 11.7. The van der Waals surface area contributed by atoms with Crippen LogP contribution in [-0.2, 0) is 11.2 Å². The molecule has 0 unspecified atom stereocenters. The Hall–Kier alpha value is -2.94. The maximum Gasteiger partial charge on any atom is 0.249 e. The molecule has 0 atom stereocenters. The minimum Gasteiger partial charge on any atom is -0.457 e. The highest BCUT2D eigenvalue weighted by atomic mass is 35.5.